The lowest BCUT2D eigenvalue weighted by molar-refractivity contribution is 0.191. The average Bonchev–Trinajstić information content (AvgIpc) is 2.13. The zero-order chi connectivity index (χ0) is 8.65. The minimum atomic E-state index is 0.370. The van der Waals surface area contributed by atoms with Crippen molar-refractivity contribution in [3.05, 3.63) is 0 Å². The monoisotopic (exact) mass is 156 g/mol. The molecule has 0 saturated heterocycles. The molecule has 0 aliphatic heterocycles. The Hall–Kier alpha value is -0.0400. The van der Waals surface area contributed by atoms with Gasteiger partial charge in [0.2, 0.25) is 0 Å². The fourth-order valence-corrected chi connectivity index (χ4v) is 2.40. The number of rotatable bonds is 1. The molecule has 0 aromatic heterocycles. The highest BCUT2D eigenvalue weighted by Gasteiger charge is 2.42. The molecule has 1 aliphatic carbocycles. The Balaban J connectivity index is 2.69. The van der Waals surface area contributed by atoms with Crippen molar-refractivity contribution in [2.45, 2.75) is 34.1 Å². The van der Waals surface area contributed by atoms with Gasteiger partial charge >= 0.3 is 0 Å². The Morgan fingerprint density at radius 1 is 1.36 bits per heavy atom. The first-order valence-corrected chi connectivity index (χ1v) is 4.60. The molecule has 1 saturated carbocycles. The molecule has 0 radical (unpaired) electrons. The first kappa shape index (κ1) is 9.05. The summed E-state index contributed by atoms with van der Waals surface area (Å²) < 4.78 is 0. The van der Waals surface area contributed by atoms with E-state index in [1.807, 2.05) is 0 Å². The molecular weight excluding hydrogens is 136 g/mol. The molecule has 1 heteroatoms. The van der Waals surface area contributed by atoms with E-state index in [4.69, 9.17) is 5.11 Å². The largest absolute Gasteiger partial charge is 0.396 e. The molecule has 0 heterocycles. The highest BCUT2D eigenvalue weighted by atomic mass is 16.3. The van der Waals surface area contributed by atoms with E-state index in [-0.39, 0.29) is 0 Å². The van der Waals surface area contributed by atoms with Crippen molar-refractivity contribution in [2.24, 2.45) is 23.2 Å². The Labute approximate surface area is 69.8 Å². The van der Waals surface area contributed by atoms with Crippen LogP contribution in [0.25, 0.3) is 0 Å². The SMILES string of the molecule is C[C@@H]1[C@@H](C)C(CO)CC1(C)C. The lowest BCUT2D eigenvalue weighted by atomic mass is 9.81. The van der Waals surface area contributed by atoms with Gasteiger partial charge < -0.3 is 5.11 Å². The summed E-state index contributed by atoms with van der Waals surface area (Å²) in [5, 5.41) is 9.09. The van der Waals surface area contributed by atoms with Crippen molar-refractivity contribution in [1.82, 2.24) is 0 Å². The number of hydrogen-bond donors (Lipinski definition) is 1. The van der Waals surface area contributed by atoms with E-state index < -0.39 is 0 Å². The van der Waals surface area contributed by atoms with Crippen molar-refractivity contribution < 1.29 is 5.11 Å². The highest BCUT2D eigenvalue weighted by Crippen LogP contribution is 2.49. The lowest BCUT2D eigenvalue weighted by Crippen LogP contribution is -2.17. The maximum atomic E-state index is 9.09. The maximum Gasteiger partial charge on any atom is 0.0462 e. The zero-order valence-corrected chi connectivity index (χ0v) is 8.09. The van der Waals surface area contributed by atoms with Gasteiger partial charge in [-0.1, -0.05) is 27.7 Å². The second kappa shape index (κ2) is 2.78. The van der Waals surface area contributed by atoms with E-state index in [0.717, 1.165) is 5.92 Å². The van der Waals surface area contributed by atoms with Crippen molar-refractivity contribution in [2.75, 3.05) is 6.61 Å². The summed E-state index contributed by atoms with van der Waals surface area (Å²) in [5.74, 6) is 1.98. The third kappa shape index (κ3) is 1.44. The van der Waals surface area contributed by atoms with Gasteiger partial charge in [-0.2, -0.15) is 0 Å². The summed E-state index contributed by atoms with van der Waals surface area (Å²) in [6, 6.07) is 0. The summed E-state index contributed by atoms with van der Waals surface area (Å²) in [6.07, 6.45) is 1.19. The Morgan fingerprint density at radius 2 is 1.91 bits per heavy atom. The predicted molar refractivity (Wildman–Crippen MR) is 47.3 cm³/mol. The van der Waals surface area contributed by atoms with E-state index in [0.29, 0.717) is 23.9 Å². The molecule has 0 bridgehead atoms. The van der Waals surface area contributed by atoms with Crippen molar-refractivity contribution in [3.8, 4) is 0 Å². The number of aliphatic hydroxyl groups is 1. The number of aliphatic hydroxyl groups excluding tert-OH is 1. The smallest absolute Gasteiger partial charge is 0.0462 e. The topological polar surface area (TPSA) is 20.2 Å². The normalized spacial score (nSPS) is 42.8. The van der Waals surface area contributed by atoms with E-state index in [9.17, 15) is 0 Å². The van der Waals surface area contributed by atoms with Crippen molar-refractivity contribution in [1.29, 1.82) is 0 Å². The van der Waals surface area contributed by atoms with Crippen LogP contribution in [0.1, 0.15) is 34.1 Å². The number of hydrogen-bond acceptors (Lipinski definition) is 1. The van der Waals surface area contributed by atoms with Crippen LogP contribution in [0.15, 0.2) is 0 Å². The van der Waals surface area contributed by atoms with Gasteiger partial charge in [0.1, 0.15) is 0 Å². The van der Waals surface area contributed by atoms with Crippen molar-refractivity contribution >= 4 is 0 Å². The van der Waals surface area contributed by atoms with Crippen LogP contribution in [0.2, 0.25) is 0 Å². The Morgan fingerprint density at radius 3 is 2.09 bits per heavy atom. The second-order valence-electron chi connectivity index (χ2n) is 4.78. The molecule has 1 rings (SSSR count). The summed E-state index contributed by atoms with van der Waals surface area (Å²) in [7, 11) is 0. The lowest BCUT2D eigenvalue weighted by Gasteiger charge is -2.25. The molecule has 3 atom stereocenters. The molecule has 1 aliphatic rings. The maximum absolute atomic E-state index is 9.09. The molecule has 0 spiro atoms. The van der Waals surface area contributed by atoms with Crippen molar-refractivity contribution in [3.63, 3.8) is 0 Å². The summed E-state index contributed by atoms with van der Waals surface area (Å²) in [6.45, 7) is 9.56. The van der Waals surface area contributed by atoms with E-state index in [1.165, 1.54) is 6.42 Å². The van der Waals surface area contributed by atoms with E-state index in [2.05, 4.69) is 27.7 Å². The summed E-state index contributed by atoms with van der Waals surface area (Å²) in [5.41, 5.74) is 0.437. The zero-order valence-electron chi connectivity index (χ0n) is 8.09. The molecule has 1 N–H and O–H groups in total. The molecule has 0 aromatic rings. The highest BCUT2D eigenvalue weighted by molar-refractivity contribution is 4.91. The van der Waals surface area contributed by atoms with Gasteiger partial charge in [-0.05, 0) is 29.6 Å². The quantitative estimate of drug-likeness (QED) is 0.617. The second-order valence-corrected chi connectivity index (χ2v) is 4.78. The Kier molecular flexibility index (Phi) is 2.29. The van der Waals surface area contributed by atoms with Gasteiger partial charge in [-0.15, -0.1) is 0 Å². The average molecular weight is 156 g/mol. The van der Waals surface area contributed by atoms with Crippen LogP contribution in [0.5, 0.6) is 0 Å². The van der Waals surface area contributed by atoms with Gasteiger partial charge in [-0.25, -0.2) is 0 Å². The molecule has 0 aromatic carbocycles. The van der Waals surface area contributed by atoms with Gasteiger partial charge in [0.15, 0.2) is 0 Å². The van der Waals surface area contributed by atoms with Crippen LogP contribution in [0.4, 0.5) is 0 Å². The first-order valence-electron chi connectivity index (χ1n) is 4.60. The predicted octanol–water partition coefficient (Wildman–Crippen LogP) is 2.30. The van der Waals surface area contributed by atoms with E-state index in [1.54, 1.807) is 0 Å². The molecule has 11 heavy (non-hydrogen) atoms. The van der Waals surface area contributed by atoms with Crippen LogP contribution in [-0.4, -0.2) is 11.7 Å². The van der Waals surface area contributed by atoms with Crippen LogP contribution in [0, 0.1) is 23.2 Å². The van der Waals surface area contributed by atoms with Crippen LogP contribution >= 0.6 is 0 Å². The van der Waals surface area contributed by atoms with E-state index >= 15 is 0 Å². The minimum Gasteiger partial charge on any atom is -0.396 e. The molecule has 1 nitrogen and oxygen atoms in total. The van der Waals surface area contributed by atoms with Crippen LogP contribution in [-0.2, 0) is 0 Å². The van der Waals surface area contributed by atoms with Gasteiger partial charge in [-0.3, -0.25) is 0 Å². The molecule has 1 fully saturated rings. The van der Waals surface area contributed by atoms with Gasteiger partial charge in [0, 0.05) is 6.61 Å². The van der Waals surface area contributed by atoms with Gasteiger partial charge in [0.25, 0.3) is 0 Å². The fourth-order valence-electron chi connectivity index (χ4n) is 2.40. The Bertz CT molecular complexity index is 140. The molecule has 1 unspecified atom stereocenters. The minimum absolute atomic E-state index is 0.370. The van der Waals surface area contributed by atoms with Crippen LogP contribution in [0.3, 0.4) is 0 Å². The summed E-state index contributed by atoms with van der Waals surface area (Å²) in [4.78, 5) is 0. The van der Waals surface area contributed by atoms with Crippen LogP contribution < -0.4 is 0 Å². The fraction of sp³-hybridized carbons (Fsp3) is 1.00. The third-order valence-electron chi connectivity index (χ3n) is 3.79. The first-order chi connectivity index (χ1) is 4.99. The molecule has 66 valence electrons. The summed E-state index contributed by atoms with van der Waals surface area (Å²) >= 11 is 0. The standard InChI is InChI=1S/C10H20O/c1-7-8(2)10(3,4)5-9(7)6-11/h7-9,11H,5-6H2,1-4H3/t7-,8-,9?/m1/s1. The van der Waals surface area contributed by atoms with Gasteiger partial charge in [0.05, 0.1) is 0 Å². The molecular formula is C10H20O. The molecule has 0 amide bonds. The third-order valence-corrected chi connectivity index (χ3v) is 3.79.